The van der Waals surface area contributed by atoms with Crippen molar-refractivity contribution in [1.82, 2.24) is 19.9 Å². The van der Waals surface area contributed by atoms with Crippen molar-refractivity contribution in [3.63, 3.8) is 0 Å². The van der Waals surface area contributed by atoms with Gasteiger partial charge in [0.15, 0.2) is 0 Å². The number of carbonyl (C=O) groups is 2. The van der Waals surface area contributed by atoms with Gasteiger partial charge in [0.1, 0.15) is 6.54 Å². The minimum Gasteiger partial charge on any atom is -0.466 e. The fourth-order valence-corrected chi connectivity index (χ4v) is 2.64. The van der Waals surface area contributed by atoms with E-state index in [1.807, 2.05) is 6.92 Å². The molecular weight excluding hydrogens is 300 g/mol. The predicted octanol–water partition coefficient (Wildman–Crippen LogP) is 0.616. The highest BCUT2D eigenvalue weighted by atomic mass is 16.5. The van der Waals surface area contributed by atoms with Crippen LogP contribution in [0.5, 0.6) is 0 Å². The Labute approximate surface area is 135 Å². The van der Waals surface area contributed by atoms with Crippen molar-refractivity contribution in [3.05, 3.63) is 11.9 Å². The molecule has 1 saturated heterocycles. The van der Waals surface area contributed by atoms with Crippen LogP contribution in [0.25, 0.3) is 0 Å². The molecule has 0 radical (unpaired) electrons. The molecule has 0 unspecified atom stereocenters. The van der Waals surface area contributed by atoms with Crippen LogP contribution in [0.3, 0.4) is 0 Å². The van der Waals surface area contributed by atoms with Crippen molar-refractivity contribution in [2.45, 2.75) is 39.8 Å². The Balaban J connectivity index is 1.77. The number of ether oxygens (including phenoxy) is 2. The lowest BCUT2D eigenvalue weighted by Crippen LogP contribution is -2.36. The normalized spacial score (nSPS) is 16.3. The van der Waals surface area contributed by atoms with Gasteiger partial charge in [-0.05, 0) is 39.8 Å². The maximum atomic E-state index is 11.7. The van der Waals surface area contributed by atoms with Crippen LogP contribution in [0, 0.1) is 5.92 Å². The summed E-state index contributed by atoms with van der Waals surface area (Å²) in [6.45, 7) is 6.78. The molecule has 0 bridgehead atoms. The first-order valence-corrected chi connectivity index (χ1v) is 8.06. The van der Waals surface area contributed by atoms with Gasteiger partial charge in [-0.15, -0.1) is 5.10 Å². The van der Waals surface area contributed by atoms with Gasteiger partial charge < -0.3 is 9.47 Å². The van der Waals surface area contributed by atoms with Gasteiger partial charge in [0.2, 0.25) is 0 Å². The maximum Gasteiger partial charge on any atom is 0.327 e. The predicted molar refractivity (Wildman–Crippen MR) is 81.3 cm³/mol. The monoisotopic (exact) mass is 324 g/mol. The van der Waals surface area contributed by atoms with Gasteiger partial charge >= 0.3 is 11.9 Å². The van der Waals surface area contributed by atoms with Crippen molar-refractivity contribution in [2.75, 3.05) is 26.3 Å². The van der Waals surface area contributed by atoms with E-state index in [-0.39, 0.29) is 24.4 Å². The van der Waals surface area contributed by atoms with E-state index in [1.165, 1.54) is 4.68 Å². The summed E-state index contributed by atoms with van der Waals surface area (Å²) in [7, 11) is 0. The SMILES string of the molecule is CCOC(=O)Cn1cc(CN2CCC(C(=O)OCC)CC2)nn1. The molecule has 8 heteroatoms. The summed E-state index contributed by atoms with van der Waals surface area (Å²) >= 11 is 0. The Hall–Kier alpha value is -1.96. The fourth-order valence-electron chi connectivity index (χ4n) is 2.64. The third-order valence-corrected chi connectivity index (χ3v) is 3.78. The van der Waals surface area contributed by atoms with Crippen molar-refractivity contribution in [1.29, 1.82) is 0 Å². The first kappa shape index (κ1) is 17.4. The highest BCUT2D eigenvalue weighted by molar-refractivity contribution is 5.72. The molecule has 0 spiro atoms. The van der Waals surface area contributed by atoms with Gasteiger partial charge in [-0.25, -0.2) is 4.68 Å². The molecule has 23 heavy (non-hydrogen) atoms. The molecule has 0 amide bonds. The molecule has 0 aliphatic carbocycles. The van der Waals surface area contributed by atoms with E-state index >= 15 is 0 Å². The Bertz CT molecular complexity index is 523. The molecule has 1 fully saturated rings. The largest absolute Gasteiger partial charge is 0.466 e. The molecular formula is C15H24N4O4. The third kappa shape index (κ3) is 5.31. The van der Waals surface area contributed by atoms with Gasteiger partial charge in [0.25, 0.3) is 0 Å². The van der Waals surface area contributed by atoms with Crippen LogP contribution < -0.4 is 0 Å². The number of aromatic nitrogens is 3. The fraction of sp³-hybridized carbons (Fsp3) is 0.733. The van der Waals surface area contributed by atoms with Crippen LogP contribution in [0.4, 0.5) is 0 Å². The lowest BCUT2D eigenvalue weighted by atomic mass is 9.97. The highest BCUT2D eigenvalue weighted by Gasteiger charge is 2.26. The molecule has 1 aliphatic heterocycles. The highest BCUT2D eigenvalue weighted by Crippen LogP contribution is 2.19. The van der Waals surface area contributed by atoms with E-state index in [2.05, 4.69) is 15.2 Å². The van der Waals surface area contributed by atoms with Crippen LogP contribution in [-0.4, -0.2) is 58.1 Å². The first-order chi connectivity index (χ1) is 11.1. The second-order valence-corrected chi connectivity index (χ2v) is 5.51. The van der Waals surface area contributed by atoms with Gasteiger partial charge in [-0.2, -0.15) is 0 Å². The van der Waals surface area contributed by atoms with E-state index in [1.54, 1.807) is 13.1 Å². The topological polar surface area (TPSA) is 86.5 Å². The molecule has 1 aromatic heterocycles. The molecule has 128 valence electrons. The van der Waals surface area contributed by atoms with Crippen molar-refractivity contribution in [3.8, 4) is 0 Å². The zero-order valence-electron chi connectivity index (χ0n) is 13.7. The molecule has 0 atom stereocenters. The van der Waals surface area contributed by atoms with Crippen molar-refractivity contribution in [2.24, 2.45) is 5.92 Å². The average molecular weight is 324 g/mol. The second kappa shape index (κ2) is 8.61. The summed E-state index contributed by atoms with van der Waals surface area (Å²) < 4.78 is 11.4. The minimum absolute atomic E-state index is 0.00527. The molecule has 0 aromatic carbocycles. The molecule has 8 nitrogen and oxygen atoms in total. The number of hydrogen-bond donors (Lipinski definition) is 0. The Kier molecular flexibility index (Phi) is 6.52. The van der Waals surface area contributed by atoms with Crippen molar-refractivity contribution < 1.29 is 19.1 Å². The number of nitrogens with zero attached hydrogens (tertiary/aromatic N) is 4. The van der Waals surface area contributed by atoms with Gasteiger partial charge in [-0.1, -0.05) is 5.21 Å². The molecule has 0 saturated carbocycles. The summed E-state index contributed by atoms with van der Waals surface area (Å²) in [5, 5.41) is 8.02. The van der Waals surface area contributed by atoms with Gasteiger partial charge in [0.05, 0.1) is 31.0 Å². The standard InChI is InChI=1S/C15H24N4O4/c1-3-22-14(20)11-19-10-13(16-17-19)9-18-7-5-12(6-8-18)15(21)23-4-2/h10,12H,3-9,11H2,1-2H3. The quantitative estimate of drug-likeness (QED) is 0.679. The van der Waals surface area contributed by atoms with E-state index in [0.717, 1.165) is 31.6 Å². The molecule has 2 heterocycles. The van der Waals surface area contributed by atoms with Gasteiger partial charge in [0, 0.05) is 6.54 Å². The average Bonchev–Trinajstić information content (AvgIpc) is 2.95. The van der Waals surface area contributed by atoms with E-state index < -0.39 is 0 Å². The van der Waals surface area contributed by atoms with E-state index in [4.69, 9.17) is 9.47 Å². The summed E-state index contributed by atoms with van der Waals surface area (Å²) in [5.41, 5.74) is 0.809. The summed E-state index contributed by atoms with van der Waals surface area (Å²) in [4.78, 5) is 25.3. The van der Waals surface area contributed by atoms with Gasteiger partial charge in [-0.3, -0.25) is 14.5 Å². The van der Waals surface area contributed by atoms with E-state index in [9.17, 15) is 9.59 Å². The molecule has 1 aromatic rings. The lowest BCUT2D eigenvalue weighted by molar-refractivity contribution is -0.149. The Morgan fingerprint density at radius 3 is 2.57 bits per heavy atom. The summed E-state index contributed by atoms with van der Waals surface area (Å²) in [5.74, 6) is -0.405. The smallest absolute Gasteiger partial charge is 0.327 e. The number of rotatable bonds is 7. The number of esters is 2. The summed E-state index contributed by atoms with van der Waals surface area (Å²) in [6.07, 6.45) is 3.36. The first-order valence-electron chi connectivity index (χ1n) is 8.06. The van der Waals surface area contributed by atoms with E-state index in [0.29, 0.717) is 19.8 Å². The van der Waals surface area contributed by atoms with Crippen LogP contribution in [0.2, 0.25) is 0 Å². The zero-order valence-corrected chi connectivity index (χ0v) is 13.7. The Morgan fingerprint density at radius 2 is 1.91 bits per heavy atom. The van der Waals surface area contributed by atoms with Crippen molar-refractivity contribution >= 4 is 11.9 Å². The Morgan fingerprint density at radius 1 is 1.22 bits per heavy atom. The number of likely N-dealkylation sites (tertiary alicyclic amines) is 1. The zero-order chi connectivity index (χ0) is 16.7. The second-order valence-electron chi connectivity index (χ2n) is 5.51. The number of carbonyl (C=O) groups excluding carboxylic acids is 2. The maximum absolute atomic E-state index is 11.7. The van der Waals surface area contributed by atoms with Crippen LogP contribution >= 0.6 is 0 Å². The molecule has 0 N–H and O–H groups in total. The minimum atomic E-state index is -0.320. The summed E-state index contributed by atoms with van der Waals surface area (Å²) in [6, 6.07) is 0. The number of piperidine rings is 1. The molecule has 2 rings (SSSR count). The number of hydrogen-bond acceptors (Lipinski definition) is 7. The van der Waals surface area contributed by atoms with Crippen LogP contribution in [0.1, 0.15) is 32.4 Å². The van der Waals surface area contributed by atoms with Crippen LogP contribution in [0.15, 0.2) is 6.20 Å². The third-order valence-electron chi connectivity index (χ3n) is 3.78. The molecule has 1 aliphatic rings. The van der Waals surface area contributed by atoms with Crippen LogP contribution in [-0.2, 0) is 32.2 Å². The lowest BCUT2D eigenvalue weighted by Gasteiger charge is -2.29.